The fraction of sp³-hybridized carbons (Fsp3) is 0.579. The molecule has 150 valence electrons. The second kappa shape index (κ2) is 9.57. The molecule has 1 aliphatic rings. The Morgan fingerprint density at radius 2 is 1.85 bits per heavy atom. The summed E-state index contributed by atoms with van der Waals surface area (Å²) in [6.45, 7) is 6.48. The van der Waals surface area contributed by atoms with Crippen LogP contribution >= 0.6 is 0 Å². The predicted octanol–water partition coefficient (Wildman–Crippen LogP) is 2.82. The number of carbonyl (C=O) groups is 2. The van der Waals surface area contributed by atoms with Gasteiger partial charge in [0.1, 0.15) is 18.3 Å². The van der Waals surface area contributed by atoms with Crippen LogP contribution in [0.1, 0.15) is 26.3 Å². The lowest BCUT2D eigenvalue weighted by Crippen LogP contribution is -2.42. The summed E-state index contributed by atoms with van der Waals surface area (Å²) in [6.07, 6.45) is -1.56. The van der Waals surface area contributed by atoms with Crippen LogP contribution in [0.5, 0.6) is 0 Å². The third-order valence-corrected chi connectivity index (χ3v) is 3.69. The molecule has 1 aliphatic heterocycles. The molecule has 1 aromatic rings. The number of nitrogens with zero attached hydrogens (tertiary/aromatic N) is 2. The van der Waals surface area contributed by atoms with Gasteiger partial charge in [-0.25, -0.2) is 9.59 Å². The highest BCUT2D eigenvalue weighted by atomic mass is 16.7. The first-order valence-corrected chi connectivity index (χ1v) is 8.90. The van der Waals surface area contributed by atoms with E-state index in [1.165, 1.54) is 12.0 Å². The highest BCUT2D eigenvalue weighted by Gasteiger charge is 2.32. The van der Waals surface area contributed by atoms with Crippen LogP contribution in [0.4, 0.5) is 9.59 Å². The van der Waals surface area contributed by atoms with Crippen molar-refractivity contribution in [2.45, 2.75) is 39.1 Å². The molecule has 0 bridgehead atoms. The van der Waals surface area contributed by atoms with Crippen molar-refractivity contribution in [1.29, 1.82) is 0 Å². The molecule has 8 heteroatoms. The van der Waals surface area contributed by atoms with E-state index in [4.69, 9.17) is 19.0 Å². The summed E-state index contributed by atoms with van der Waals surface area (Å²) >= 11 is 0. The molecule has 0 radical (unpaired) electrons. The zero-order chi connectivity index (χ0) is 19.9. The fourth-order valence-corrected chi connectivity index (χ4v) is 2.50. The molecule has 1 atom stereocenters. The number of ether oxygens (including phenoxy) is 3. The molecule has 2 rings (SSSR count). The maximum absolute atomic E-state index is 12.4. The number of benzene rings is 1. The Morgan fingerprint density at radius 1 is 1.15 bits per heavy atom. The van der Waals surface area contributed by atoms with Gasteiger partial charge in [-0.05, 0) is 26.3 Å². The van der Waals surface area contributed by atoms with Crippen molar-refractivity contribution in [2.75, 3.05) is 33.4 Å². The van der Waals surface area contributed by atoms with Gasteiger partial charge in [0, 0.05) is 13.7 Å². The molecular weight excluding hydrogens is 352 g/mol. The van der Waals surface area contributed by atoms with E-state index in [0.717, 1.165) is 10.6 Å². The Morgan fingerprint density at radius 3 is 2.48 bits per heavy atom. The molecule has 2 amide bonds. The number of hydroxylamine groups is 2. The van der Waals surface area contributed by atoms with Gasteiger partial charge in [0.15, 0.2) is 0 Å². The summed E-state index contributed by atoms with van der Waals surface area (Å²) in [6, 6.07) is 9.38. The smallest absolute Gasteiger partial charge is 0.434 e. The Bertz CT molecular complexity index is 616. The van der Waals surface area contributed by atoms with Crippen LogP contribution in [0.3, 0.4) is 0 Å². The zero-order valence-corrected chi connectivity index (χ0v) is 16.3. The second-order valence-corrected chi connectivity index (χ2v) is 7.25. The molecule has 27 heavy (non-hydrogen) atoms. The summed E-state index contributed by atoms with van der Waals surface area (Å²) in [7, 11) is 1.53. The lowest BCUT2D eigenvalue weighted by atomic mass is 10.2. The number of methoxy groups -OCH3 is 1. The normalized spacial score (nSPS) is 18.0. The summed E-state index contributed by atoms with van der Waals surface area (Å²) in [5.41, 5.74) is 0.277. The van der Waals surface area contributed by atoms with Crippen LogP contribution in [-0.2, 0) is 25.7 Å². The van der Waals surface area contributed by atoms with Crippen molar-refractivity contribution in [3.05, 3.63) is 35.9 Å². The SMILES string of the molecule is COCC1CN(C(=O)OC(C)(C)C)CCN(C(=O)OCc2ccccc2)O1. The number of hydrogen-bond donors (Lipinski definition) is 0. The molecule has 1 fully saturated rings. The highest BCUT2D eigenvalue weighted by Crippen LogP contribution is 2.15. The van der Waals surface area contributed by atoms with E-state index in [-0.39, 0.29) is 32.8 Å². The maximum atomic E-state index is 12.4. The minimum Gasteiger partial charge on any atom is -0.444 e. The first-order chi connectivity index (χ1) is 12.8. The van der Waals surface area contributed by atoms with Crippen LogP contribution in [0, 0.1) is 0 Å². The lowest BCUT2D eigenvalue weighted by Gasteiger charge is -2.27. The van der Waals surface area contributed by atoms with Crippen molar-refractivity contribution in [3.8, 4) is 0 Å². The van der Waals surface area contributed by atoms with Crippen molar-refractivity contribution in [1.82, 2.24) is 9.96 Å². The third kappa shape index (κ3) is 7.07. The van der Waals surface area contributed by atoms with Crippen molar-refractivity contribution < 1.29 is 28.6 Å². The Kier molecular flexibility index (Phi) is 7.44. The number of rotatable bonds is 4. The molecule has 0 aromatic heterocycles. The Hall–Kier alpha value is -2.32. The van der Waals surface area contributed by atoms with Gasteiger partial charge in [0.25, 0.3) is 0 Å². The number of hydrogen-bond acceptors (Lipinski definition) is 6. The van der Waals surface area contributed by atoms with Crippen LogP contribution in [0.25, 0.3) is 0 Å². The average Bonchev–Trinajstić information content (AvgIpc) is 2.82. The topological polar surface area (TPSA) is 77.5 Å². The number of amides is 2. The minimum atomic E-state index is -0.606. The summed E-state index contributed by atoms with van der Waals surface area (Å²) in [5, 5.41) is 1.14. The lowest BCUT2D eigenvalue weighted by molar-refractivity contribution is -0.177. The van der Waals surface area contributed by atoms with Gasteiger partial charge in [-0.3, -0.25) is 4.84 Å². The van der Waals surface area contributed by atoms with E-state index in [2.05, 4.69) is 0 Å². The van der Waals surface area contributed by atoms with Crippen LogP contribution in [-0.4, -0.2) is 67.2 Å². The van der Waals surface area contributed by atoms with Crippen LogP contribution in [0.2, 0.25) is 0 Å². The first-order valence-electron chi connectivity index (χ1n) is 8.90. The van der Waals surface area contributed by atoms with Gasteiger partial charge in [-0.2, -0.15) is 5.06 Å². The molecule has 1 heterocycles. The van der Waals surface area contributed by atoms with Crippen molar-refractivity contribution in [2.24, 2.45) is 0 Å². The van der Waals surface area contributed by atoms with Gasteiger partial charge >= 0.3 is 12.2 Å². The monoisotopic (exact) mass is 380 g/mol. The van der Waals surface area contributed by atoms with E-state index >= 15 is 0 Å². The first kappa shape index (κ1) is 21.0. The largest absolute Gasteiger partial charge is 0.444 e. The quantitative estimate of drug-likeness (QED) is 0.799. The van der Waals surface area contributed by atoms with Gasteiger partial charge in [-0.15, -0.1) is 0 Å². The highest BCUT2D eigenvalue weighted by molar-refractivity contribution is 5.69. The molecular formula is C19H28N2O6. The molecule has 1 aromatic carbocycles. The maximum Gasteiger partial charge on any atom is 0.434 e. The predicted molar refractivity (Wildman–Crippen MR) is 97.9 cm³/mol. The molecule has 0 N–H and O–H groups in total. The van der Waals surface area contributed by atoms with E-state index in [1.807, 2.05) is 30.3 Å². The van der Waals surface area contributed by atoms with Gasteiger partial charge in [-0.1, -0.05) is 30.3 Å². The van der Waals surface area contributed by atoms with Crippen molar-refractivity contribution in [3.63, 3.8) is 0 Å². The second-order valence-electron chi connectivity index (χ2n) is 7.25. The molecule has 0 spiro atoms. The molecule has 0 aliphatic carbocycles. The van der Waals surface area contributed by atoms with Crippen LogP contribution in [0.15, 0.2) is 30.3 Å². The standard InChI is InChI=1S/C19H28N2O6/c1-19(2,3)26-17(22)20-10-11-21(27-16(12-20)14-24-4)18(23)25-13-15-8-6-5-7-9-15/h5-9,16H,10-14H2,1-4H3. The summed E-state index contributed by atoms with van der Waals surface area (Å²) in [5.74, 6) is 0. The molecule has 1 unspecified atom stereocenters. The number of carbonyl (C=O) groups excluding carboxylic acids is 2. The molecule has 8 nitrogen and oxygen atoms in total. The van der Waals surface area contributed by atoms with Crippen LogP contribution < -0.4 is 0 Å². The van der Waals surface area contributed by atoms with Crippen molar-refractivity contribution >= 4 is 12.2 Å². The van der Waals surface area contributed by atoms with Gasteiger partial charge in [0.05, 0.1) is 19.7 Å². The van der Waals surface area contributed by atoms with E-state index in [9.17, 15) is 9.59 Å². The minimum absolute atomic E-state index is 0.143. The molecule has 0 saturated carbocycles. The summed E-state index contributed by atoms with van der Waals surface area (Å²) < 4.78 is 15.9. The van der Waals surface area contributed by atoms with Gasteiger partial charge in [0.2, 0.25) is 0 Å². The zero-order valence-electron chi connectivity index (χ0n) is 16.3. The Labute approximate surface area is 159 Å². The van der Waals surface area contributed by atoms with E-state index < -0.39 is 23.9 Å². The average molecular weight is 380 g/mol. The van der Waals surface area contributed by atoms with Gasteiger partial charge < -0.3 is 19.1 Å². The van der Waals surface area contributed by atoms with E-state index in [0.29, 0.717) is 0 Å². The summed E-state index contributed by atoms with van der Waals surface area (Å²) in [4.78, 5) is 32.0. The molecule has 1 saturated heterocycles. The Balaban J connectivity index is 1.97. The fourth-order valence-electron chi connectivity index (χ4n) is 2.50. The van der Waals surface area contributed by atoms with E-state index in [1.54, 1.807) is 20.8 Å². The third-order valence-electron chi connectivity index (χ3n) is 3.69.